The number of fused-ring (bicyclic) bond motifs is 1. The smallest absolute Gasteiger partial charge is 0.120 e. The first kappa shape index (κ1) is 19.3. The van der Waals surface area contributed by atoms with Crippen molar-refractivity contribution < 1.29 is 9.84 Å². The van der Waals surface area contributed by atoms with Crippen molar-refractivity contribution in [2.75, 3.05) is 19.7 Å². The second-order valence-corrected chi connectivity index (χ2v) is 7.47. The largest absolute Gasteiger partial charge is 0.491 e. The van der Waals surface area contributed by atoms with Gasteiger partial charge in [0.25, 0.3) is 0 Å². The van der Waals surface area contributed by atoms with Gasteiger partial charge in [0.2, 0.25) is 0 Å². The molecule has 0 amide bonds. The van der Waals surface area contributed by atoms with E-state index in [4.69, 9.17) is 11.2 Å². The van der Waals surface area contributed by atoms with Crippen LogP contribution in [0.4, 0.5) is 0 Å². The molecule has 1 aliphatic heterocycles. The average Bonchev–Trinajstić information content (AvgIpc) is 2.78. The van der Waals surface area contributed by atoms with Gasteiger partial charge in [-0.15, -0.1) is 6.42 Å². The lowest BCUT2D eigenvalue weighted by molar-refractivity contribution is 0.0638. The average molecular weight is 383 g/mol. The molecule has 0 bridgehead atoms. The van der Waals surface area contributed by atoms with Gasteiger partial charge >= 0.3 is 0 Å². The van der Waals surface area contributed by atoms with Crippen LogP contribution in [0.2, 0.25) is 0 Å². The monoisotopic (exact) mass is 383 g/mol. The number of rotatable bonds is 6. The van der Waals surface area contributed by atoms with E-state index in [0.29, 0.717) is 6.54 Å². The zero-order chi connectivity index (χ0) is 20.1. The summed E-state index contributed by atoms with van der Waals surface area (Å²) in [5.41, 5.74) is 5.72. The van der Waals surface area contributed by atoms with E-state index in [1.807, 2.05) is 48.5 Å². The van der Waals surface area contributed by atoms with Crippen molar-refractivity contribution in [3.8, 4) is 29.2 Å². The van der Waals surface area contributed by atoms with Gasteiger partial charge < -0.3 is 9.84 Å². The standard InChI is InChI=1S/C26H25NO2/c1-2-20-7-5-10-22(15-20)23-11-6-12-26(16-23)29-19-25(28)18-27-14-13-21-8-3-4-9-24(21)17-27/h1,3-12,15-16,25,28H,13-14,17-19H2. The van der Waals surface area contributed by atoms with E-state index < -0.39 is 6.10 Å². The highest BCUT2D eigenvalue weighted by Crippen LogP contribution is 2.25. The van der Waals surface area contributed by atoms with Crippen molar-refractivity contribution in [3.05, 3.63) is 89.5 Å². The Morgan fingerprint density at radius 2 is 1.72 bits per heavy atom. The molecule has 3 heteroatoms. The van der Waals surface area contributed by atoms with Gasteiger partial charge in [0.05, 0.1) is 0 Å². The van der Waals surface area contributed by atoms with Gasteiger partial charge in [0.15, 0.2) is 0 Å². The molecule has 4 rings (SSSR count). The Kier molecular flexibility index (Phi) is 5.95. The number of terminal acetylenes is 1. The summed E-state index contributed by atoms with van der Waals surface area (Å²) in [7, 11) is 0. The van der Waals surface area contributed by atoms with Crippen LogP contribution in [0.1, 0.15) is 16.7 Å². The topological polar surface area (TPSA) is 32.7 Å². The fourth-order valence-electron chi connectivity index (χ4n) is 3.81. The van der Waals surface area contributed by atoms with Crippen LogP contribution in [0, 0.1) is 12.3 Å². The maximum Gasteiger partial charge on any atom is 0.120 e. The third-order valence-electron chi connectivity index (χ3n) is 5.32. The second-order valence-electron chi connectivity index (χ2n) is 7.47. The molecule has 0 saturated carbocycles. The summed E-state index contributed by atoms with van der Waals surface area (Å²) in [6.07, 6.45) is 6.00. The van der Waals surface area contributed by atoms with Gasteiger partial charge in [-0.05, 0) is 52.9 Å². The third kappa shape index (κ3) is 4.86. The molecule has 146 valence electrons. The Morgan fingerprint density at radius 3 is 2.55 bits per heavy atom. The molecule has 0 aliphatic carbocycles. The molecule has 29 heavy (non-hydrogen) atoms. The SMILES string of the molecule is C#Cc1cccc(-c2cccc(OCC(O)CN3CCc4ccccc4C3)c2)c1. The Labute approximate surface area is 172 Å². The number of nitrogens with zero attached hydrogens (tertiary/aromatic N) is 1. The Hall–Kier alpha value is -3.06. The van der Waals surface area contributed by atoms with E-state index in [9.17, 15) is 5.11 Å². The van der Waals surface area contributed by atoms with Crippen LogP contribution in [0.3, 0.4) is 0 Å². The molecule has 3 aromatic rings. The number of hydrogen-bond donors (Lipinski definition) is 1. The number of hydrogen-bond acceptors (Lipinski definition) is 3. The van der Waals surface area contributed by atoms with Crippen molar-refractivity contribution in [1.82, 2.24) is 4.90 Å². The molecule has 1 heterocycles. The third-order valence-corrected chi connectivity index (χ3v) is 5.32. The van der Waals surface area contributed by atoms with E-state index >= 15 is 0 Å². The molecular formula is C26H25NO2. The van der Waals surface area contributed by atoms with E-state index in [0.717, 1.165) is 42.0 Å². The van der Waals surface area contributed by atoms with E-state index in [2.05, 4.69) is 35.1 Å². The van der Waals surface area contributed by atoms with E-state index in [1.165, 1.54) is 11.1 Å². The first-order valence-corrected chi connectivity index (χ1v) is 9.98. The molecule has 0 spiro atoms. The first-order chi connectivity index (χ1) is 14.2. The summed E-state index contributed by atoms with van der Waals surface area (Å²) in [4.78, 5) is 2.29. The lowest BCUT2D eigenvalue weighted by Gasteiger charge is -2.30. The number of aliphatic hydroxyl groups is 1. The molecule has 0 saturated heterocycles. The summed E-state index contributed by atoms with van der Waals surface area (Å²) in [5, 5.41) is 10.5. The van der Waals surface area contributed by atoms with Crippen LogP contribution in [0.5, 0.6) is 5.75 Å². The summed E-state index contributed by atoms with van der Waals surface area (Å²) in [6, 6.07) is 24.3. The predicted octanol–water partition coefficient (Wildman–Crippen LogP) is 4.13. The van der Waals surface area contributed by atoms with E-state index in [1.54, 1.807) is 0 Å². The molecule has 0 aromatic heterocycles. The molecule has 1 N–H and O–H groups in total. The number of ether oxygens (including phenoxy) is 1. The maximum absolute atomic E-state index is 10.5. The fraction of sp³-hybridized carbons (Fsp3) is 0.231. The van der Waals surface area contributed by atoms with Gasteiger partial charge in [-0.25, -0.2) is 0 Å². The quantitative estimate of drug-likeness (QED) is 0.650. The fourth-order valence-corrected chi connectivity index (χ4v) is 3.81. The van der Waals surface area contributed by atoms with Crippen molar-refractivity contribution >= 4 is 0 Å². The number of benzene rings is 3. The minimum absolute atomic E-state index is 0.270. The van der Waals surface area contributed by atoms with Crippen LogP contribution in [-0.2, 0) is 13.0 Å². The van der Waals surface area contributed by atoms with Crippen LogP contribution in [0.25, 0.3) is 11.1 Å². The highest BCUT2D eigenvalue weighted by atomic mass is 16.5. The zero-order valence-corrected chi connectivity index (χ0v) is 16.4. The highest BCUT2D eigenvalue weighted by molar-refractivity contribution is 5.66. The zero-order valence-electron chi connectivity index (χ0n) is 16.4. The summed E-state index contributed by atoms with van der Waals surface area (Å²) < 4.78 is 5.88. The van der Waals surface area contributed by atoms with Crippen molar-refractivity contribution in [2.45, 2.75) is 19.1 Å². The van der Waals surface area contributed by atoms with Gasteiger partial charge in [0.1, 0.15) is 18.5 Å². The van der Waals surface area contributed by atoms with Crippen molar-refractivity contribution in [2.24, 2.45) is 0 Å². The van der Waals surface area contributed by atoms with Gasteiger partial charge in [-0.2, -0.15) is 0 Å². The van der Waals surface area contributed by atoms with Crippen molar-refractivity contribution in [1.29, 1.82) is 0 Å². The summed E-state index contributed by atoms with van der Waals surface area (Å²) in [5.74, 6) is 3.41. The van der Waals surface area contributed by atoms with Gasteiger partial charge in [0, 0.05) is 25.2 Å². The van der Waals surface area contributed by atoms with Crippen LogP contribution < -0.4 is 4.74 Å². The summed E-state index contributed by atoms with van der Waals surface area (Å²) >= 11 is 0. The second kappa shape index (κ2) is 8.96. The Bertz CT molecular complexity index is 1020. The van der Waals surface area contributed by atoms with Crippen LogP contribution >= 0.6 is 0 Å². The normalized spacial score (nSPS) is 14.6. The molecule has 1 aliphatic rings. The van der Waals surface area contributed by atoms with Gasteiger partial charge in [-0.3, -0.25) is 4.90 Å². The van der Waals surface area contributed by atoms with E-state index in [-0.39, 0.29) is 6.61 Å². The van der Waals surface area contributed by atoms with Gasteiger partial charge in [-0.1, -0.05) is 54.5 Å². The molecular weight excluding hydrogens is 358 g/mol. The molecule has 0 fully saturated rings. The summed E-state index contributed by atoms with van der Waals surface area (Å²) in [6.45, 7) is 2.73. The first-order valence-electron chi connectivity index (χ1n) is 9.98. The Morgan fingerprint density at radius 1 is 0.966 bits per heavy atom. The molecule has 3 nitrogen and oxygen atoms in total. The molecule has 1 atom stereocenters. The lowest BCUT2D eigenvalue weighted by atomic mass is 10.00. The van der Waals surface area contributed by atoms with Crippen LogP contribution in [0.15, 0.2) is 72.8 Å². The predicted molar refractivity (Wildman–Crippen MR) is 117 cm³/mol. The van der Waals surface area contributed by atoms with Crippen LogP contribution in [-0.4, -0.2) is 35.8 Å². The Balaban J connectivity index is 1.34. The minimum atomic E-state index is -0.534. The molecule has 3 aromatic carbocycles. The molecule has 0 radical (unpaired) electrons. The lowest BCUT2D eigenvalue weighted by Crippen LogP contribution is -2.38. The number of β-amino-alcohol motifs (C(OH)–C–C–N with tert-alkyl or cyclic N) is 1. The van der Waals surface area contributed by atoms with Crippen molar-refractivity contribution in [3.63, 3.8) is 0 Å². The maximum atomic E-state index is 10.5. The minimum Gasteiger partial charge on any atom is -0.491 e. The molecule has 1 unspecified atom stereocenters. The highest BCUT2D eigenvalue weighted by Gasteiger charge is 2.18. The number of aliphatic hydroxyl groups excluding tert-OH is 1.